The van der Waals surface area contributed by atoms with Gasteiger partial charge < -0.3 is 14.5 Å². The minimum Gasteiger partial charge on any atom is -0.378 e. The number of hydrogen-bond donors (Lipinski definition) is 0. The maximum absolute atomic E-state index is 5.42. The average Bonchev–Trinajstić information content (AvgIpc) is 3.27. The third-order valence-electron chi connectivity index (χ3n) is 4.82. The molecule has 22 heavy (non-hydrogen) atoms. The van der Waals surface area contributed by atoms with Crippen LogP contribution >= 0.6 is 0 Å². The molecule has 6 nitrogen and oxygen atoms in total. The fourth-order valence-electron chi connectivity index (χ4n) is 3.52. The number of morpholine rings is 1. The fraction of sp³-hybridized carbons (Fsp3) is 0.625. The Balaban J connectivity index is 1.44. The Morgan fingerprint density at radius 1 is 0.955 bits per heavy atom. The van der Waals surface area contributed by atoms with Crippen molar-refractivity contribution in [3.05, 3.63) is 24.5 Å². The second-order valence-corrected chi connectivity index (χ2v) is 6.15. The van der Waals surface area contributed by atoms with Crippen molar-refractivity contribution in [3.63, 3.8) is 0 Å². The van der Waals surface area contributed by atoms with E-state index in [9.17, 15) is 0 Å². The molecule has 4 rings (SSSR count). The Hall–Kier alpha value is -1.66. The largest absolute Gasteiger partial charge is 0.378 e. The molecular weight excluding hydrogens is 278 g/mol. The van der Waals surface area contributed by atoms with Crippen LogP contribution in [0.4, 0.5) is 11.6 Å². The van der Waals surface area contributed by atoms with Crippen LogP contribution in [0.25, 0.3) is 0 Å². The first kappa shape index (κ1) is 14.0. The first-order valence-corrected chi connectivity index (χ1v) is 8.19. The highest BCUT2D eigenvalue weighted by Crippen LogP contribution is 2.24. The fourth-order valence-corrected chi connectivity index (χ4v) is 3.52. The average molecular weight is 301 g/mol. The summed E-state index contributed by atoms with van der Waals surface area (Å²) in [5, 5.41) is 0. The summed E-state index contributed by atoms with van der Waals surface area (Å²) in [4.78, 5) is 16.2. The van der Waals surface area contributed by atoms with Crippen molar-refractivity contribution in [1.29, 1.82) is 0 Å². The minimum absolute atomic E-state index is 0.650. The normalized spacial score (nSPS) is 26.1. The van der Waals surface area contributed by atoms with Crippen molar-refractivity contribution in [1.82, 2.24) is 14.9 Å². The molecule has 1 aromatic heterocycles. The van der Waals surface area contributed by atoms with E-state index in [4.69, 9.17) is 4.74 Å². The summed E-state index contributed by atoms with van der Waals surface area (Å²) in [5.74, 6) is 2.09. The molecule has 2 saturated heterocycles. The number of nitrogens with zero attached hydrogens (tertiary/aromatic N) is 5. The van der Waals surface area contributed by atoms with E-state index in [1.165, 1.54) is 6.42 Å². The summed E-state index contributed by atoms with van der Waals surface area (Å²) >= 11 is 0. The monoisotopic (exact) mass is 301 g/mol. The summed E-state index contributed by atoms with van der Waals surface area (Å²) in [7, 11) is 0. The lowest BCUT2D eigenvalue weighted by molar-refractivity contribution is 0.122. The SMILES string of the molecule is C1=CCN([C@H]2CCN(c3cc(N4CCOCC4)ncn3)C2)C1. The molecule has 0 radical (unpaired) electrons. The highest BCUT2D eigenvalue weighted by atomic mass is 16.5. The van der Waals surface area contributed by atoms with Gasteiger partial charge in [-0.1, -0.05) is 12.2 Å². The van der Waals surface area contributed by atoms with Crippen molar-refractivity contribution in [2.45, 2.75) is 12.5 Å². The standard InChI is InChI=1S/C16H23N5O/c1-2-5-19(4-1)14-3-6-21(12-14)16-11-15(17-13-18-16)20-7-9-22-10-8-20/h1-2,11,13-14H,3-10,12H2/t14-/m0/s1. The molecule has 0 bridgehead atoms. The highest BCUT2D eigenvalue weighted by Gasteiger charge is 2.29. The van der Waals surface area contributed by atoms with Crippen LogP contribution in [0, 0.1) is 0 Å². The minimum atomic E-state index is 0.650. The molecule has 1 aromatic rings. The Labute approximate surface area is 131 Å². The maximum atomic E-state index is 5.42. The summed E-state index contributed by atoms with van der Waals surface area (Å²) in [5.41, 5.74) is 0. The Morgan fingerprint density at radius 3 is 2.45 bits per heavy atom. The van der Waals surface area contributed by atoms with Crippen LogP contribution in [-0.4, -0.2) is 73.4 Å². The van der Waals surface area contributed by atoms with E-state index in [0.29, 0.717) is 6.04 Å². The second-order valence-electron chi connectivity index (χ2n) is 6.15. The molecular formula is C16H23N5O. The van der Waals surface area contributed by atoms with Crippen molar-refractivity contribution < 1.29 is 4.74 Å². The predicted octanol–water partition coefficient (Wildman–Crippen LogP) is 0.764. The molecule has 3 aliphatic rings. The lowest BCUT2D eigenvalue weighted by Gasteiger charge is -2.28. The topological polar surface area (TPSA) is 44.7 Å². The van der Waals surface area contributed by atoms with E-state index in [1.54, 1.807) is 6.33 Å². The van der Waals surface area contributed by atoms with Gasteiger partial charge in [0.25, 0.3) is 0 Å². The molecule has 1 atom stereocenters. The van der Waals surface area contributed by atoms with Crippen LogP contribution < -0.4 is 9.80 Å². The quantitative estimate of drug-likeness (QED) is 0.768. The zero-order chi connectivity index (χ0) is 14.8. The summed E-state index contributed by atoms with van der Waals surface area (Å²) in [6.45, 7) is 7.75. The van der Waals surface area contributed by atoms with Crippen LogP contribution in [0.2, 0.25) is 0 Å². The Kier molecular flexibility index (Phi) is 3.95. The van der Waals surface area contributed by atoms with Crippen LogP contribution in [0.3, 0.4) is 0 Å². The van der Waals surface area contributed by atoms with Crippen molar-refractivity contribution in [2.24, 2.45) is 0 Å². The van der Waals surface area contributed by atoms with E-state index >= 15 is 0 Å². The van der Waals surface area contributed by atoms with Crippen LogP contribution in [-0.2, 0) is 4.74 Å². The van der Waals surface area contributed by atoms with Gasteiger partial charge in [-0.25, -0.2) is 9.97 Å². The number of anilines is 2. The Bertz CT molecular complexity index is 535. The number of ether oxygens (including phenoxy) is 1. The van der Waals surface area contributed by atoms with Gasteiger partial charge in [0, 0.05) is 51.4 Å². The number of hydrogen-bond acceptors (Lipinski definition) is 6. The van der Waals surface area contributed by atoms with Gasteiger partial charge in [-0.15, -0.1) is 0 Å². The zero-order valence-corrected chi connectivity index (χ0v) is 12.9. The van der Waals surface area contributed by atoms with Gasteiger partial charge in [0.1, 0.15) is 18.0 Å². The number of aromatic nitrogens is 2. The molecule has 6 heteroatoms. The molecule has 0 spiro atoms. The van der Waals surface area contributed by atoms with Gasteiger partial charge in [-0.3, -0.25) is 4.90 Å². The molecule has 0 saturated carbocycles. The highest BCUT2D eigenvalue weighted by molar-refractivity contribution is 5.51. The van der Waals surface area contributed by atoms with Crippen molar-refractivity contribution in [2.75, 3.05) is 62.3 Å². The van der Waals surface area contributed by atoms with Gasteiger partial charge in [-0.05, 0) is 6.42 Å². The molecule has 118 valence electrons. The summed E-state index contributed by atoms with van der Waals surface area (Å²) in [6, 6.07) is 2.78. The first-order chi connectivity index (χ1) is 10.9. The zero-order valence-electron chi connectivity index (χ0n) is 12.9. The molecule has 4 heterocycles. The molecule has 0 amide bonds. The molecule has 0 N–H and O–H groups in total. The van der Waals surface area contributed by atoms with Crippen LogP contribution in [0.15, 0.2) is 24.5 Å². The van der Waals surface area contributed by atoms with Crippen molar-refractivity contribution >= 4 is 11.6 Å². The molecule has 0 unspecified atom stereocenters. The maximum Gasteiger partial charge on any atom is 0.134 e. The van der Waals surface area contributed by atoms with E-state index < -0.39 is 0 Å². The van der Waals surface area contributed by atoms with E-state index in [1.807, 2.05) is 0 Å². The number of rotatable bonds is 3. The summed E-state index contributed by atoms with van der Waals surface area (Å²) in [6.07, 6.45) is 7.46. The lowest BCUT2D eigenvalue weighted by Crippen LogP contribution is -2.37. The van der Waals surface area contributed by atoms with Gasteiger partial charge >= 0.3 is 0 Å². The van der Waals surface area contributed by atoms with Gasteiger partial charge in [0.15, 0.2) is 0 Å². The first-order valence-electron chi connectivity index (χ1n) is 8.19. The molecule has 2 fully saturated rings. The van der Waals surface area contributed by atoms with E-state index in [-0.39, 0.29) is 0 Å². The van der Waals surface area contributed by atoms with E-state index in [0.717, 1.165) is 64.1 Å². The predicted molar refractivity (Wildman–Crippen MR) is 86.4 cm³/mol. The van der Waals surface area contributed by atoms with Gasteiger partial charge in [0.2, 0.25) is 0 Å². The third kappa shape index (κ3) is 2.80. The summed E-state index contributed by atoms with van der Waals surface area (Å²) < 4.78 is 5.42. The van der Waals surface area contributed by atoms with Crippen LogP contribution in [0.5, 0.6) is 0 Å². The Morgan fingerprint density at radius 2 is 1.68 bits per heavy atom. The third-order valence-corrected chi connectivity index (χ3v) is 4.82. The van der Waals surface area contributed by atoms with E-state index in [2.05, 4.69) is 42.9 Å². The van der Waals surface area contributed by atoms with Crippen molar-refractivity contribution in [3.8, 4) is 0 Å². The smallest absolute Gasteiger partial charge is 0.134 e. The van der Waals surface area contributed by atoms with Gasteiger partial charge in [0.05, 0.1) is 13.2 Å². The van der Waals surface area contributed by atoms with Crippen LogP contribution in [0.1, 0.15) is 6.42 Å². The molecule has 3 aliphatic heterocycles. The second kappa shape index (κ2) is 6.22. The molecule has 0 aliphatic carbocycles. The van der Waals surface area contributed by atoms with Gasteiger partial charge in [-0.2, -0.15) is 0 Å². The molecule has 0 aromatic carbocycles. The lowest BCUT2D eigenvalue weighted by atomic mass is 10.2.